The number of hydrogen-bond acceptors (Lipinski definition) is 3. The Morgan fingerprint density at radius 3 is 2.14 bits per heavy atom. The highest BCUT2D eigenvalue weighted by molar-refractivity contribution is 6.09. The third kappa shape index (κ3) is 3.92. The maximum absolute atomic E-state index is 12.4. The van der Waals surface area contributed by atoms with Crippen molar-refractivity contribution in [1.82, 2.24) is 0 Å². The number of carbonyl (C=O) groups is 2. The van der Waals surface area contributed by atoms with Crippen molar-refractivity contribution in [2.24, 2.45) is 0 Å². The van der Waals surface area contributed by atoms with E-state index >= 15 is 0 Å². The van der Waals surface area contributed by atoms with Crippen LogP contribution in [0.5, 0.6) is 0 Å². The highest BCUT2D eigenvalue weighted by Crippen LogP contribution is 2.20. The Bertz CT molecular complexity index is 596. The summed E-state index contributed by atoms with van der Waals surface area (Å²) < 4.78 is 5.02. The Labute approximate surface area is 123 Å². The molecule has 1 unspecified atom stereocenters. The summed E-state index contributed by atoms with van der Waals surface area (Å²) in [4.78, 5) is 24.5. The molecule has 1 atom stereocenters. The minimum Gasteiger partial charge on any atom is -0.465 e. The molecule has 0 aliphatic rings. The van der Waals surface area contributed by atoms with Gasteiger partial charge in [0.2, 0.25) is 5.91 Å². The molecule has 0 saturated heterocycles. The Balaban J connectivity index is 2.23. The number of amides is 1. The zero-order chi connectivity index (χ0) is 15.1. The first kappa shape index (κ1) is 14.8. The van der Waals surface area contributed by atoms with E-state index in [4.69, 9.17) is 4.74 Å². The Morgan fingerprint density at radius 2 is 1.57 bits per heavy atom. The van der Waals surface area contributed by atoms with Gasteiger partial charge in [0.1, 0.15) is 0 Å². The van der Waals surface area contributed by atoms with Crippen LogP contribution in [-0.4, -0.2) is 18.5 Å². The molecule has 2 rings (SSSR count). The van der Waals surface area contributed by atoms with Crippen LogP contribution in [0, 0.1) is 0 Å². The van der Waals surface area contributed by atoms with Crippen LogP contribution < -0.4 is 5.32 Å². The molecule has 0 aliphatic carbocycles. The zero-order valence-corrected chi connectivity index (χ0v) is 11.8. The second-order valence-electron chi connectivity index (χ2n) is 4.45. The molecule has 2 aromatic carbocycles. The standard InChI is InChI=1S/C17H17NO3/c1-2-21-17(20)15(13-9-5-3-6-10-13)16(19)18-14-11-7-4-8-12-14/h3-12,15H,2H2,1H3,(H,18,19). The number of benzene rings is 2. The SMILES string of the molecule is CCOC(=O)C(C(=O)Nc1ccccc1)c1ccccc1. The average Bonchev–Trinajstić information content (AvgIpc) is 2.50. The highest BCUT2D eigenvalue weighted by Gasteiger charge is 2.29. The minimum absolute atomic E-state index is 0.237. The molecule has 0 radical (unpaired) electrons. The molecule has 0 fully saturated rings. The fraction of sp³-hybridized carbons (Fsp3) is 0.176. The van der Waals surface area contributed by atoms with Gasteiger partial charge in [-0.15, -0.1) is 0 Å². The van der Waals surface area contributed by atoms with Crippen molar-refractivity contribution in [3.63, 3.8) is 0 Å². The summed E-state index contributed by atoms with van der Waals surface area (Å²) in [6.07, 6.45) is 0. The van der Waals surface area contributed by atoms with Crippen LogP contribution in [0.15, 0.2) is 60.7 Å². The van der Waals surface area contributed by atoms with Crippen LogP contribution in [0.4, 0.5) is 5.69 Å². The molecule has 0 aromatic heterocycles. The average molecular weight is 283 g/mol. The van der Waals surface area contributed by atoms with E-state index in [9.17, 15) is 9.59 Å². The maximum Gasteiger partial charge on any atom is 0.323 e. The molecule has 4 heteroatoms. The van der Waals surface area contributed by atoms with Gasteiger partial charge in [0.05, 0.1) is 6.61 Å². The van der Waals surface area contributed by atoms with Gasteiger partial charge < -0.3 is 10.1 Å². The predicted molar refractivity (Wildman–Crippen MR) is 80.9 cm³/mol. The van der Waals surface area contributed by atoms with Crippen LogP contribution in [0.1, 0.15) is 18.4 Å². The lowest BCUT2D eigenvalue weighted by molar-refractivity contribution is -0.147. The number of ether oxygens (including phenoxy) is 1. The van der Waals surface area contributed by atoms with Crippen LogP contribution in [-0.2, 0) is 14.3 Å². The molecule has 0 spiro atoms. The number of para-hydroxylation sites is 1. The first-order valence-electron chi connectivity index (χ1n) is 6.80. The van der Waals surface area contributed by atoms with Gasteiger partial charge in [0.25, 0.3) is 0 Å². The fourth-order valence-electron chi connectivity index (χ4n) is 2.00. The van der Waals surface area contributed by atoms with E-state index in [2.05, 4.69) is 5.32 Å². The van der Waals surface area contributed by atoms with Crippen LogP contribution >= 0.6 is 0 Å². The number of nitrogens with one attached hydrogen (secondary N) is 1. The molecule has 4 nitrogen and oxygen atoms in total. The fourth-order valence-corrected chi connectivity index (χ4v) is 2.00. The number of esters is 1. The van der Waals surface area contributed by atoms with E-state index in [1.54, 1.807) is 43.3 Å². The number of rotatable bonds is 5. The molecule has 0 aliphatic heterocycles. The van der Waals surface area contributed by atoms with Crippen LogP contribution in [0.25, 0.3) is 0 Å². The molecule has 0 saturated carbocycles. The summed E-state index contributed by atoms with van der Waals surface area (Å²) in [5.74, 6) is -1.91. The quantitative estimate of drug-likeness (QED) is 0.678. The Hall–Kier alpha value is -2.62. The molecule has 1 N–H and O–H groups in total. The van der Waals surface area contributed by atoms with Gasteiger partial charge in [-0.25, -0.2) is 0 Å². The van der Waals surface area contributed by atoms with Crippen molar-refractivity contribution in [2.45, 2.75) is 12.8 Å². The van der Waals surface area contributed by atoms with Gasteiger partial charge in [-0.05, 0) is 24.6 Å². The molecule has 108 valence electrons. The Kier molecular flexibility index (Phi) is 5.10. The summed E-state index contributed by atoms with van der Waals surface area (Å²) in [5, 5.41) is 2.74. The lowest BCUT2D eigenvalue weighted by Crippen LogP contribution is -2.29. The monoisotopic (exact) mass is 283 g/mol. The third-order valence-electron chi connectivity index (χ3n) is 2.96. The van der Waals surface area contributed by atoms with E-state index < -0.39 is 17.8 Å². The number of anilines is 1. The molecule has 1 amide bonds. The zero-order valence-electron chi connectivity index (χ0n) is 11.8. The van der Waals surface area contributed by atoms with Gasteiger partial charge in [0, 0.05) is 5.69 Å². The maximum atomic E-state index is 12.4. The van der Waals surface area contributed by atoms with Crippen molar-refractivity contribution < 1.29 is 14.3 Å². The van der Waals surface area contributed by atoms with E-state index in [1.165, 1.54) is 0 Å². The first-order valence-corrected chi connectivity index (χ1v) is 6.80. The molecule has 21 heavy (non-hydrogen) atoms. The van der Waals surface area contributed by atoms with Gasteiger partial charge >= 0.3 is 5.97 Å². The van der Waals surface area contributed by atoms with Crippen LogP contribution in [0.3, 0.4) is 0 Å². The molecule has 0 bridgehead atoms. The smallest absolute Gasteiger partial charge is 0.323 e. The summed E-state index contributed by atoms with van der Waals surface area (Å²) in [6.45, 7) is 1.95. The highest BCUT2D eigenvalue weighted by atomic mass is 16.5. The predicted octanol–water partition coefficient (Wildman–Crippen LogP) is 2.97. The third-order valence-corrected chi connectivity index (χ3v) is 2.96. The van der Waals surface area contributed by atoms with Crippen molar-refractivity contribution in [3.05, 3.63) is 66.2 Å². The Morgan fingerprint density at radius 1 is 1.00 bits per heavy atom. The summed E-state index contributed by atoms with van der Waals surface area (Å²) in [6, 6.07) is 17.9. The minimum atomic E-state index is -0.966. The molecule has 2 aromatic rings. The molecule has 0 heterocycles. The number of carbonyl (C=O) groups excluding carboxylic acids is 2. The van der Waals surface area contributed by atoms with Gasteiger partial charge in [0.15, 0.2) is 5.92 Å². The lowest BCUT2D eigenvalue weighted by atomic mass is 9.98. The van der Waals surface area contributed by atoms with Crippen LogP contribution in [0.2, 0.25) is 0 Å². The van der Waals surface area contributed by atoms with Gasteiger partial charge in [-0.1, -0.05) is 48.5 Å². The lowest BCUT2D eigenvalue weighted by Gasteiger charge is -2.16. The largest absolute Gasteiger partial charge is 0.465 e. The summed E-state index contributed by atoms with van der Waals surface area (Å²) >= 11 is 0. The van der Waals surface area contributed by atoms with E-state index in [0.29, 0.717) is 11.3 Å². The normalized spacial score (nSPS) is 11.5. The van der Waals surface area contributed by atoms with Crippen molar-refractivity contribution >= 4 is 17.6 Å². The summed E-state index contributed by atoms with van der Waals surface area (Å²) in [5.41, 5.74) is 1.26. The van der Waals surface area contributed by atoms with Gasteiger partial charge in [-0.3, -0.25) is 9.59 Å². The van der Waals surface area contributed by atoms with E-state index in [1.807, 2.05) is 24.3 Å². The van der Waals surface area contributed by atoms with E-state index in [-0.39, 0.29) is 6.61 Å². The van der Waals surface area contributed by atoms with Gasteiger partial charge in [-0.2, -0.15) is 0 Å². The second kappa shape index (κ2) is 7.24. The first-order chi connectivity index (χ1) is 10.2. The van der Waals surface area contributed by atoms with Crippen molar-refractivity contribution in [3.8, 4) is 0 Å². The molecular formula is C17H17NO3. The molecular weight excluding hydrogens is 266 g/mol. The summed E-state index contributed by atoms with van der Waals surface area (Å²) in [7, 11) is 0. The van der Waals surface area contributed by atoms with E-state index in [0.717, 1.165) is 0 Å². The van der Waals surface area contributed by atoms with Crippen molar-refractivity contribution in [2.75, 3.05) is 11.9 Å². The second-order valence-corrected chi connectivity index (χ2v) is 4.45. The topological polar surface area (TPSA) is 55.4 Å². The number of hydrogen-bond donors (Lipinski definition) is 1. The van der Waals surface area contributed by atoms with Crippen molar-refractivity contribution in [1.29, 1.82) is 0 Å².